The minimum absolute atomic E-state index is 0.273. The third-order valence-electron chi connectivity index (χ3n) is 6.21. The lowest BCUT2D eigenvalue weighted by molar-refractivity contribution is 0.238. The van der Waals surface area contributed by atoms with Crippen LogP contribution in [-0.4, -0.2) is 30.4 Å². The maximum atomic E-state index is 12.0. The molecule has 0 saturated carbocycles. The molecule has 0 aliphatic heterocycles. The first-order chi connectivity index (χ1) is 17.1. The summed E-state index contributed by atoms with van der Waals surface area (Å²) in [7, 11) is 1.60. The molecule has 0 heterocycles. The van der Waals surface area contributed by atoms with Gasteiger partial charge in [-0.25, -0.2) is 0 Å². The Morgan fingerprint density at radius 2 is 1.49 bits per heavy atom. The lowest BCUT2D eigenvalue weighted by Gasteiger charge is -2.17. The zero-order chi connectivity index (χ0) is 25.6. The summed E-state index contributed by atoms with van der Waals surface area (Å²) in [6, 6.07) is 5.67. The average Bonchev–Trinajstić information content (AvgIpc) is 2.86. The van der Waals surface area contributed by atoms with Crippen LogP contribution in [0.5, 0.6) is 11.5 Å². The molecule has 2 N–H and O–H groups in total. The van der Waals surface area contributed by atoms with Crippen LogP contribution < -0.4 is 15.2 Å². The monoisotopic (exact) mass is 506 g/mol. The number of nitrogens with zero attached hydrogens (tertiary/aromatic N) is 1. The molecule has 0 aromatic heterocycles. The van der Waals surface area contributed by atoms with Crippen LogP contribution in [0.4, 0.5) is 4.79 Å². The lowest BCUT2D eigenvalue weighted by atomic mass is 10.0. The van der Waals surface area contributed by atoms with Crippen molar-refractivity contribution in [3.05, 3.63) is 36.0 Å². The van der Waals surface area contributed by atoms with Gasteiger partial charge >= 0.3 is 0 Å². The zero-order valence-corrected chi connectivity index (χ0v) is 23.2. The van der Waals surface area contributed by atoms with Crippen molar-refractivity contribution >= 4 is 17.9 Å². The molecule has 5 nitrogen and oxygen atoms in total. The van der Waals surface area contributed by atoms with Crippen LogP contribution >= 0.6 is 12.6 Å². The highest BCUT2D eigenvalue weighted by Crippen LogP contribution is 2.28. The van der Waals surface area contributed by atoms with E-state index in [2.05, 4.69) is 25.6 Å². The van der Waals surface area contributed by atoms with Crippen molar-refractivity contribution in [3.8, 4) is 11.5 Å². The number of unbranched alkanes of at least 4 members (excludes halogenated alkanes) is 14. The molecule has 1 aromatic rings. The Morgan fingerprint density at radius 3 is 2.00 bits per heavy atom. The van der Waals surface area contributed by atoms with Crippen LogP contribution in [-0.2, 0) is 6.54 Å². The Balaban J connectivity index is 2.18. The Labute approximate surface area is 220 Å². The van der Waals surface area contributed by atoms with Crippen molar-refractivity contribution in [2.24, 2.45) is 5.73 Å². The molecule has 6 heteroatoms. The molecule has 1 rings (SSSR count). The van der Waals surface area contributed by atoms with Gasteiger partial charge in [-0.3, -0.25) is 4.79 Å². The summed E-state index contributed by atoms with van der Waals surface area (Å²) in [6.07, 6.45) is 23.9. The summed E-state index contributed by atoms with van der Waals surface area (Å²) in [5.74, 6) is 1.28. The van der Waals surface area contributed by atoms with Gasteiger partial charge in [0.2, 0.25) is 0 Å². The average molecular weight is 507 g/mol. The van der Waals surface area contributed by atoms with E-state index in [1.54, 1.807) is 12.0 Å². The Morgan fingerprint density at radius 1 is 0.914 bits per heavy atom. The van der Waals surface area contributed by atoms with Gasteiger partial charge in [-0.2, -0.15) is 0 Å². The second-order valence-corrected chi connectivity index (χ2v) is 9.69. The Bertz CT molecular complexity index is 697. The molecule has 0 aliphatic rings. The summed E-state index contributed by atoms with van der Waals surface area (Å²) >= 11 is 4.04. The van der Waals surface area contributed by atoms with Gasteiger partial charge in [0.25, 0.3) is 5.24 Å². The minimum atomic E-state index is -0.273. The fourth-order valence-electron chi connectivity index (χ4n) is 4.14. The van der Waals surface area contributed by atoms with Gasteiger partial charge in [0.1, 0.15) is 6.61 Å². The van der Waals surface area contributed by atoms with E-state index >= 15 is 0 Å². The van der Waals surface area contributed by atoms with Crippen molar-refractivity contribution in [1.29, 1.82) is 0 Å². The number of hydrogen-bond donors (Lipinski definition) is 2. The summed E-state index contributed by atoms with van der Waals surface area (Å²) in [6.45, 7) is 3.58. The molecule has 200 valence electrons. The molecular weight excluding hydrogens is 456 g/mol. The van der Waals surface area contributed by atoms with Crippen molar-refractivity contribution < 1.29 is 14.3 Å². The molecule has 0 bridgehead atoms. The largest absolute Gasteiger partial charge is 0.493 e. The van der Waals surface area contributed by atoms with E-state index in [9.17, 15) is 4.79 Å². The number of methoxy groups -OCH3 is 1. The first kappa shape index (κ1) is 31.4. The first-order valence-electron chi connectivity index (χ1n) is 13.8. The topological polar surface area (TPSA) is 64.8 Å². The second kappa shape index (κ2) is 21.6. The van der Waals surface area contributed by atoms with Gasteiger partial charge < -0.3 is 20.1 Å². The number of hydrogen-bond acceptors (Lipinski definition) is 4. The number of carbonyl (C=O) groups is 1. The van der Waals surface area contributed by atoms with Crippen LogP contribution in [0.2, 0.25) is 0 Å². The molecule has 0 radical (unpaired) electrons. The van der Waals surface area contributed by atoms with Crippen molar-refractivity contribution in [2.45, 2.75) is 110 Å². The summed E-state index contributed by atoms with van der Waals surface area (Å²) < 4.78 is 11.0. The van der Waals surface area contributed by atoms with Crippen molar-refractivity contribution in [1.82, 2.24) is 4.90 Å². The third-order valence-corrected chi connectivity index (χ3v) is 6.47. The fourth-order valence-corrected chi connectivity index (χ4v) is 4.28. The van der Waals surface area contributed by atoms with Crippen LogP contribution in [0, 0.1) is 0 Å². The number of nitrogens with two attached hydrogens (primary N) is 1. The molecule has 1 aromatic carbocycles. The zero-order valence-electron chi connectivity index (χ0n) is 22.3. The highest BCUT2D eigenvalue weighted by Gasteiger charge is 2.10. The SMILES string of the molecule is CCCCCCCCCCCCCCCCC=CN(Cc1ccc(OCCN)c(OC)c1)C(=O)S. The van der Waals surface area contributed by atoms with Crippen LogP contribution in [0.15, 0.2) is 30.5 Å². The maximum absolute atomic E-state index is 12.0. The van der Waals surface area contributed by atoms with Gasteiger partial charge in [0.15, 0.2) is 11.5 Å². The minimum Gasteiger partial charge on any atom is -0.493 e. The first-order valence-corrected chi connectivity index (χ1v) is 14.2. The summed E-state index contributed by atoms with van der Waals surface area (Å²) in [5.41, 5.74) is 6.45. The molecule has 1 amide bonds. The number of amides is 1. The third kappa shape index (κ3) is 15.8. The lowest BCUT2D eigenvalue weighted by Crippen LogP contribution is -2.19. The van der Waals surface area contributed by atoms with Gasteiger partial charge in [-0.15, -0.1) is 0 Å². The number of ether oxygens (including phenoxy) is 2. The van der Waals surface area contributed by atoms with Crippen LogP contribution in [0.3, 0.4) is 0 Å². The number of carbonyl (C=O) groups excluding carboxylic acids is 1. The second-order valence-electron chi connectivity index (χ2n) is 9.30. The van der Waals surface area contributed by atoms with Gasteiger partial charge in [-0.05, 0) is 30.5 Å². The number of allylic oxidation sites excluding steroid dienone is 1. The van der Waals surface area contributed by atoms with Crippen molar-refractivity contribution in [3.63, 3.8) is 0 Å². The standard InChI is InChI=1S/C29H50N2O3S/c1-3-4-5-6-7-8-9-10-11-12-13-14-15-16-17-18-22-31(29(32)35)25-26-19-20-27(34-23-21-30)28(24-26)33-2/h18-20,22,24H,3-17,21,23,25,30H2,1-2H3,(H,32,35). The predicted octanol–water partition coefficient (Wildman–Crippen LogP) is 8.27. The van der Waals surface area contributed by atoms with E-state index < -0.39 is 0 Å². The van der Waals surface area contributed by atoms with E-state index in [1.807, 2.05) is 24.4 Å². The maximum Gasteiger partial charge on any atom is 0.282 e. The molecule has 0 atom stereocenters. The van der Waals surface area contributed by atoms with E-state index in [-0.39, 0.29) is 5.24 Å². The summed E-state index contributed by atoms with van der Waals surface area (Å²) in [4.78, 5) is 13.6. The smallest absolute Gasteiger partial charge is 0.282 e. The highest BCUT2D eigenvalue weighted by molar-refractivity contribution is 7.96. The van der Waals surface area contributed by atoms with E-state index in [1.165, 1.54) is 83.5 Å². The van der Waals surface area contributed by atoms with Gasteiger partial charge in [0.05, 0.1) is 13.7 Å². The van der Waals surface area contributed by atoms with Gasteiger partial charge in [0, 0.05) is 12.7 Å². The normalized spacial score (nSPS) is 11.2. The fraction of sp³-hybridized carbons (Fsp3) is 0.690. The molecule has 0 unspecified atom stereocenters. The molecule has 0 fully saturated rings. The number of thiol groups is 1. The summed E-state index contributed by atoms with van der Waals surface area (Å²) in [5, 5.41) is -0.273. The van der Waals surface area contributed by atoms with E-state index in [0.29, 0.717) is 31.2 Å². The van der Waals surface area contributed by atoms with Crippen LogP contribution in [0.1, 0.15) is 109 Å². The quantitative estimate of drug-likeness (QED) is 0.123. The number of rotatable bonds is 22. The van der Waals surface area contributed by atoms with E-state index in [0.717, 1.165) is 18.4 Å². The number of benzene rings is 1. The Kier molecular flexibility index (Phi) is 19.4. The predicted molar refractivity (Wildman–Crippen MR) is 152 cm³/mol. The molecule has 0 spiro atoms. The Hall–Kier alpha value is -1.66. The van der Waals surface area contributed by atoms with Crippen LogP contribution in [0.25, 0.3) is 0 Å². The molecule has 0 saturated heterocycles. The molecule has 35 heavy (non-hydrogen) atoms. The highest BCUT2D eigenvalue weighted by atomic mass is 32.1. The van der Waals surface area contributed by atoms with Gasteiger partial charge in [-0.1, -0.05) is 115 Å². The van der Waals surface area contributed by atoms with Crippen molar-refractivity contribution in [2.75, 3.05) is 20.3 Å². The van der Waals surface area contributed by atoms with E-state index in [4.69, 9.17) is 15.2 Å². The molecular formula is C29H50N2O3S. The molecule has 0 aliphatic carbocycles.